The fourth-order valence-electron chi connectivity index (χ4n) is 1.81. The molecule has 0 aliphatic carbocycles. The van der Waals surface area contributed by atoms with Crippen LogP contribution >= 0.6 is 11.3 Å². The third kappa shape index (κ3) is 1.94. The summed E-state index contributed by atoms with van der Waals surface area (Å²) < 4.78 is 1.84. The van der Waals surface area contributed by atoms with Crippen LogP contribution in [0.1, 0.15) is 4.88 Å². The van der Waals surface area contributed by atoms with Crippen LogP contribution in [0.5, 0.6) is 0 Å². The van der Waals surface area contributed by atoms with E-state index in [-0.39, 0.29) is 0 Å². The highest BCUT2D eigenvalue weighted by molar-refractivity contribution is 7.10. The van der Waals surface area contributed by atoms with Crippen LogP contribution in [0.3, 0.4) is 0 Å². The molecule has 3 aromatic rings. The summed E-state index contributed by atoms with van der Waals surface area (Å²) in [5.41, 5.74) is 8.73. The maximum atomic E-state index is 5.64. The number of hydrogen-bond donors (Lipinski definition) is 1. The lowest BCUT2D eigenvalue weighted by Gasteiger charge is -2.03. The quantitative estimate of drug-likeness (QED) is 0.783. The van der Waals surface area contributed by atoms with E-state index < -0.39 is 0 Å². The van der Waals surface area contributed by atoms with E-state index >= 15 is 0 Å². The SMILES string of the molecule is NCc1cc(-c2cnnn2-c2ccccc2)cs1. The Kier molecular flexibility index (Phi) is 2.92. The molecule has 1 aromatic carbocycles. The third-order valence-electron chi connectivity index (χ3n) is 2.70. The minimum Gasteiger partial charge on any atom is -0.326 e. The molecule has 0 aliphatic rings. The van der Waals surface area contributed by atoms with Crippen molar-refractivity contribution in [3.8, 4) is 16.9 Å². The van der Waals surface area contributed by atoms with Crippen LogP contribution in [0, 0.1) is 0 Å². The Morgan fingerprint density at radius 1 is 1.22 bits per heavy atom. The minimum absolute atomic E-state index is 0.567. The molecular weight excluding hydrogens is 244 g/mol. The second-order valence-electron chi connectivity index (χ2n) is 3.87. The number of thiophene rings is 1. The number of hydrogen-bond acceptors (Lipinski definition) is 4. The minimum atomic E-state index is 0.567. The van der Waals surface area contributed by atoms with Crippen LogP contribution in [0.4, 0.5) is 0 Å². The Morgan fingerprint density at radius 2 is 2.06 bits per heavy atom. The van der Waals surface area contributed by atoms with Crippen molar-refractivity contribution in [1.29, 1.82) is 0 Å². The Labute approximate surface area is 109 Å². The molecule has 0 fully saturated rings. The standard InChI is InChI=1S/C13H12N4S/c14-7-12-6-10(9-18-12)13-8-15-16-17(13)11-4-2-1-3-5-11/h1-6,8-9H,7,14H2. The summed E-state index contributed by atoms with van der Waals surface area (Å²) in [6.45, 7) is 0.567. The molecule has 2 heterocycles. The second kappa shape index (κ2) is 4.72. The van der Waals surface area contributed by atoms with Crippen molar-refractivity contribution >= 4 is 11.3 Å². The molecule has 0 bridgehead atoms. The molecule has 0 aliphatic heterocycles. The Bertz CT molecular complexity index is 642. The molecule has 2 N–H and O–H groups in total. The van der Waals surface area contributed by atoms with Gasteiger partial charge in [0.15, 0.2) is 0 Å². The summed E-state index contributed by atoms with van der Waals surface area (Å²) in [6, 6.07) is 12.1. The molecule has 0 unspecified atom stereocenters. The molecule has 0 atom stereocenters. The molecule has 90 valence electrons. The normalized spacial score (nSPS) is 10.7. The first-order valence-corrected chi connectivity index (χ1v) is 6.50. The van der Waals surface area contributed by atoms with Gasteiger partial charge >= 0.3 is 0 Å². The summed E-state index contributed by atoms with van der Waals surface area (Å²) in [5, 5.41) is 10.2. The number of nitrogens with two attached hydrogens (primary N) is 1. The Hall–Kier alpha value is -1.98. The van der Waals surface area contributed by atoms with Crippen LogP contribution in [0.25, 0.3) is 16.9 Å². The lowest BCUT2D eigenvalue weighted by atomic mass is 10.2. The average Bonchev–Trinajstić information content (AvgIpc) is 3.08. The summed E-state index contributed by atoms with van der Waals surface area (Å²) in [5.74, 6) is 0. The number of nitrogens with zero attached hydrogens (tertiary/aromatic N) is 3. The lowest BCUT2D eigenvalue weighted by molar-refractivity contribution is 0.808. The first-order chi connectivity index (χ1) is 8.88. The molecule has 0 radical (unpaired) electrons. The van der Waals surface area contributed by atoms with E-state index in [0.29, 0.717) is 6.54 Å². The zero-order valence-electron chi connectivity index (χ0n) is 9.65. The summed E-state index contributed by atoms with van der Waals surface area (Å²) in [6.07, 6.45) is 1.77. The predicted octanol–water partition coefficient (Wildman–Crippen LogP) is 2.45. The van der Waals surface area contributed by atoms with E-state index in [1.165, 1.54) is 0 Å². The van der Waals surface area contributed by atoms with Crippen molar-refractivity contribution < 1.29 is 0 Å². The Balaban J connectivity index is 2.07. The summed E-state index contributed by atoms with van der Waals surface area (Å²) in [7, 11) is 0. The number of rotatable bonds is 3. The van der Waals surface area contributed by atoms with Gasteiger partial charge in [-0.05, 0) is 18.2 Å². The molecular formula is C13H12N4S. The van der Waals surface area contributed by atoms with Crippen LogP contribution in [0.15, 0.2) is 48.0 Å². The highest BCUT2D eigenvalue weighted by atomic mass is 32.1. The maximum absolute atomic E-state index is 5.64. The van der Waals surface area contributed by atoms with Gasteiger partial charge in [-0.2, -0.15) is 0 Å². The van der Waals surface area contributed by atoms with E-state index in [0.717, 1.165) is 21.8 Å². The molecule has 0 spiro atoms. The van der Waals surface area contributed by atoms with E-state index in [2.05, 4.69) is 21.8 Å². The molecule has 3 rings (SSSR count). The highest BCUT2D eigenvalue weighted by Crippen LogP contribution is 2.26. The number of benzene rings is 1. The van der Waals surface area contributed by atoms with Gasteiger partial charge in [0.1, 0.15) is 0 Å². The van der Waals surface area contributed by atoms with E-state index in [9.17, 15) is 0 Å². The van der Waals surface area contributed by atoms with E-state index in [1.807, 2.05) is 35.0 Å². The smallest absolute Gasteiger partial charge is 0.0952 e. The van der Waals surface area contributed by atoms with Crippen LogP contribution in [-0.4, -0.2) is 15.0 Å². The predicted molar refractivity (Wildman–Crippen MR) is 72.6 cm³/mol. The van der Waals surface area contributed by atoms with Gasteiger partial charge < -0.3 is 5.73 Å². The topological polar surface area (TPSA) is 56.7 Å². The first kappa shape index (κ1) is 11.1. The molecule has 4 nitrogen and oxygen atoms in total. The van der Waals surface area contributed by atoms with E-state index in [4.69, 9.17) is 5.73 Å². The number of aromatic nitrogens is 3. The fraction of sp³-hybridized carbons (Fsp3) is 0.0769. The van der Waals surface area contributed by atoms with Crippen molar-refractivity contribution in [1.82, 2.24) is 15.0 Å². The first-order valence-electron chi connectivity index (χ1n) is 5.62. The fourth-order valence-corrected chi connectivity index (χ4v) is 2.57. The van der Waals surface area contributed by atoms with Gasteiger partial charge in [0.05, 0.1) is 17.6 Å². The van der Waals surface area contributed by atoms with Gasteiger partial charge in [-0.15, -0.1) is 16.4 Å². The van der Waals surface area contributed by atoms with Gasteiger partial charge in [0.25, 0.3) is 0 Å². The van der Waals surface area contributed by atoms with Crippen LogP contribution in [0.2, 0.25) is 0 Å². The van der Waals surface area contributed by atoms with Crippen molar-refractivity contribution in [2.75, 3.05) is 0 Å². The maximum Gasteiger partial charge on any atom is 0.0952 e. The van der Waals surface area contributed by atoms with Gasteiger partial charge in [0.2, 0.25) is 0 Å². The van der Waals surface area contributed by atoms with Crippen LogP contribution < -0.4 is 5.73 Å². The van der Waals surface area contributed by atoms with Crippen molar-refractivity contribution in [3.05, 3.63) is 52.9 Å². The van der Waals surface area contributed by atoms with Gasteiger partial charge in [-0.25, -0.2) is 4.68 Å². The summed E-state index contributed by atoms with van der Waals surface area (Å²) in [4.78, 5) is 1.16. The van der Waals surface area contributed by atoms with Crippen molar-refractivity contribution in [3.63, 3.8) is 0 Å². The van der Waals surface area contributed by atoms with Gasteiger partial charge in [-0.3, -0.25) is 0 Å². The largest absolute Gasteiger partial charge is 0.326 e. The van der Waals surface area contributed by atoms with Crippen molar-refractivity contribution in [2.24, 2.45) is 5.73 Å². The van der Waals surface area contributed by atoms with Crippen molar-refractivity contribution in [2.45, 2.75) is 6.54 Å². The molecule has 2 aromatic heterocycles. The molecule has 0 saturated heterocycles. The zero-order valence-corrected chi connectivity index (χ0v) is 10.5. The average molecular weight is 256 g/mol. The van der Waals surface area contributed by atoms with E-state index in [1.54, 1.807) is 17.5 Å². The lowest BCUT2D eigenvalue weighted by Crippen LogP contribution is -1.98. The zero-order chi connectivity index (χ0) is 12.4. The highest BCUT2D eigenvalue weighted by Gasteiger charge is 2.10. The van der Waals surface area contributed by atoms with Gasteiger partial charge in [-0.1, -0.05) is 23.4 Å². The summed E-state index contributed by atoms with van der Waals surface area (Å²) >= 11 is 1.66. The number of para-hydroxylation sites is 1. The molecule has 0 saturated carbocycles. The van der Waals surface area contributed by atoms with Crippen LogP contribution in [-0.2, 0) is 6.54 Å². The Morgan fingerprint density at radius 3 is 2.78 bits per heavy atom. The molecule has 18 heavy (non-hydrogen) atoms. The molecule has 5 heteroatoms. The van der Waals surface area contributed by atoms with Gasteiger partial charge in [0, 0.05) is 22.4 Å². The second-order valence-corrected chi connectivity index (χ2v) is 4.87. The monoisotopic (exact) mass is 256 g/mol. The third-order valence-corrected chi connectivity index (χ3v) is 3.66. The molecule has 0 amide bonds.